The largest absolute Gasteiger partial charge is 0.462 e. The second-order valence-corrected chi connectivity index (χ2v) is 8.96. The number of halogens is 1. The van der Waals surface area contributed by atoms with E-state index in [0.29, 0.717) is 17.2 Å². The molecule has 2 aromatic heterocycles. The summed E-state index contributed by atoms with van der Waals surface area (Å²) < 4.78 is 7.73. The van der Waals surface area contributed by atoms with Crippen molar-refractivity contribution in [1.29, 1.82) is 0 Å². The highest BCUT2D eigenvalue weighted by Gasteiger charge is 2.31. The molecule has 0 spiro atoms. The van der Waals surface area contributed by atoms with Gasteiger partial charge >= 0.3 is 5.97 Å². The van der Waals surface area contributed by atoms with Crippen LogP contribution in [0, 0.1) is 0 Å². The van der Waals surface area contributed by atoms with Crippen molar-refractivity contribution in [2.75, 3.05) is 18.5 Å². The smallest absolute Gasteiger partial charge is 0.341 e. The zero-order valence-electron chi connectivity index (χ0n) is 17.0. The highest BCUT2D eigenvalue weighted by molar-refractivity contribution is 9.10. The Morgan fingerprint density at radius 2 is 2.10 bits per heavy atom. The molecule has 0 bridgehead atoms. The molecule has 1 atom stereocenters. The van der Waals surface area contributed by atoms with Crippen LogP contribution in [0.4, 0.5) is 5.00 Å². The fourth-order valence-electron chi connectivity index (χ4n) is 3.12. The summed E-state index contributed by atoms with van der Waals surface area (Å²) in [6, 6.07) is 9.38. The summed E-state index contributed by atoms with van der Waals surface area (Å²) in [5.41, 5.74) is -0.0316. The van der Waals surface area contributed by atoms with E-state index >= 15 is 0 Å². The van der Waals surface area contributed by atoms with Crippen molar-refractivity contribution in [3.63, 3.8) is 0 Å². The van der Waals surface area contributed by atoms with E-state index in [9.17, 15) is 9.90 Å². The van der Waals surface area contributed by atoms with Crippen molar-refractivity contribution >= 4 is 38.2 Å². The number of thiophene rings is 1. The van der Waals surface area contributed by atoms with Gasteiger partial charge in [0.2, 0.25) is 0 Å². The van der Waals surface area contributed by atoms with Gasteiger partial charge in [-0.25, -0.2) is 14.5 Å². The molecular weight excluding hydrogens is 468 g/mol. The van der Waals surface area contributed by atoms with Gasteiger partial charge in [0, 0.05) is 9.35 Å². The van der Waals surface area contributed by atoms with Gasteiger partial charge in [-0.1, -0.05) is 41.4 Å². The number of ether oxygens (including phenoxy) is 1. The van der Waals surface area contributed by atoms with E-state index in [-0.39, 0.29) is 19.1 Å². The molecule has 0 saturated carbocycles. The quantitative estimate of drug-likeness (QED) is 0.411. The minimum absolute atomic E-state index is 0.187. The molecule has 7 nitrogen and oxygen atoms in total. The van der Waals surface area contributed by atoms with Gasteiger partial charge in [-0.15, -0.1) is 11.3 Å². The summed E-state index contributed by atoms with van der Waals surface area (Å²) >= 11 is 4.95. The maximum atomic E-state index is 12.4. The molecule has 9 heteroatoms. The number of carbonyl (C=O) groups is 1. The van der Waals surface area contributed by atoms with Gasteiger partial charge in [0.25, 0.3) is 0 Å². The molecule has 0 aliphatic carbocycles. The molecule has 0 radical (unpaired) electrons. The maximum absolute atomic E-state index is 12.4. The molecule has 30 heavy (non-hydrogen) atoms. The van der Waals surface area contributed by atoms with Crippen LogP contribution in [0.15, 0.2) is 47.5 Å². The molecule has 2 N–H and O–H groups in total. The van der Waals surface area contributed by atoms with Crippen molar-refractivity contribution in [3.05, 3.63) is 63.5 Å². The van der Waals surface area contributed by atoms with Crippen LogP contribution in [-0.4, -0.2) is 39.0 Å². The van der Waals surface area contributed by atoms with Gasteiger partial charge in [-0.3, -0.25) is 0 Å². The number of aromatic nitrogens is 3. The third-order valence-corrected chi connectivity index (χ3v) is 6.27. The number of aryl methyl sites for hydroxylation is 1. The Hall–Kier alpha value is -2.23. The lowest BCUT2D eigenvalue weighted by atomic mass is 9.93. The normalized spacial score (nSPS) is 13.1. The Balaban J connectivity index is 1.88. The first-order valence-corrected chi connectivity index (χ1v) is 11.4. The summed E-state index contributed by atoms with van der Waals surface area (Å²) in [5.74, 6) is -0.359. The monoisotopic (exact) mass is 492 g/mol. The lowest BCUT2D eigenvalue weighted by Crippen LogP contribution is -2.39. The Kier molecular flexibility index (Phi) is 7.63. The third kappa shape index (κ3) is 5.47. The zero-order valence-corrected chi connectivity index (χ0v) is 19.4. The first-order valence-electron chi connectivity index (χ1n) is 9.79. The number of anilines is 1. The number of nitrogens with zero attached hydrogens (tertiary/aromatic N) is 3. The predicted octanol–water partition coefficient (Wildman–Crippen LogP) is 4.23. The second kappa shape index (κ2) is 10.2. The second-order valence-electron chi connectivity index (χ2n) is 6.91. The molecule has 0 amide bonds. The number of carbonyl (C=O) groups excluding carboxylic acids is 1. The Labute approximate surface area is 188 Å². The molecule has 0 aliphatic heterocycles. The molecule has 2 heterocycles. The molecule has 0 aliphatic rings. The van der Waals surface area contributed by atoms with Gasteiger partial charge in [0.1, 0.15) is 23.3 Å². The zero-order chi connectivity index (χ0) is 21.6. The number of hydrogen-bond acceptors (Lipinski definition) is 7. The van der Waals surface area contributed by atoms with Gasteiger partial charge < -0.3 is 15.2 Å². The summed E-state index contributed by atoms with van der Waals surface area (Å²) in [6.07, 6.45) is 4.87. The average molecular weight is 493 g/mol. The van der Waals surface area contributed by atoms with E-state index in [1.165, 1.54) is 17.7 Å². The lowest BCUT2D eigenvalue weighted by molar-refractivity contribution is 0.0281. The lowest BCUT2D eigenvalue weighted by Gasteiger charge is -2.29. The van der Waals surface area contributed by atoms with Crippen molar-refractivity contribution in [1.82, 2.24) is 14.8 Å². The minimum atomic E-state index is -1.27. The molecule has 160 valence electrons. The summed E-state index contributed by atoms with van der Waals surface area (Å²) in [7, 11) is 0. The summed E-state index contributed by atoms with van der Waals surface area (Å²) in [4.78, 5) is 17.5. The average Bonchev–Trinajstić information content (AvgIpc) is 3.37. The molecular formula is C21H25BrN4O3S. The van der Waals surface area contributed by atoms with Crippen LogP contribution in [0.5, 0.6) is 0 Å². The van der Waals surface area contributed by atoms with Crippen LogP contribution in [0.3, 0.4) is 0 Å². The Morgan fingerprint density at radius 1 is 1.33 bits per heavy atom. The molecule has 0 saturated heterocycles. The maximum Gasteiger partial charge on any atom is 0.341 e. The topological polar surface area (TPSA) is 89.3 Å². The fourth-order valence-corrected chi connectivity index (χ4v) is 4.53. The SMILES string of the molecule is CCCc1cc(C(=O)OCC)c(NCC(O)(Cn2cncn2)c2ccc(Br)cc2)s1. The first-order chi connectivity index (χ1) is 14.4. The molecule has 3 aromatic rings. The van der Waals surface area contributed by atoms with Crippen LogP contribution < -0.4 is 5.32 Å². The number of nitrogens with one attached hydrogen (secondary N) is 1. The van der Waals surface area contributed by atoms with Gasteiger partial charge in [0.15, 0.2) is 0 Å². The summed E-state index contributed by atoms with van der Waals surface area (Å²) in [6.45, 7) is 4.60. The van der Waals surface area contributed by atoms with Crippen LogP contribution in [0.2, 0.25) is 0 Å². The summed E-state index contributed by atoms with van der Waals surface area (Å²) in [5, 5.41) is 19.7. The van der Waals surface area contributed by atoms with Crippen LogP contribution >= 0.6 is 27.3 Å². The Bertz CT molecular complexity index is 959. The standard InChI is InChI=1S/C21H25BrN4O3S/c1-3-5-17-10-18(20(27)29-4-2)19(30-17)24-11-21(28,12-26-14-23-13-25-26)15-6-8-16(22)9-7-15/h6-10,13-14,24,28H,3-5,11-12H2,1-2H3. The highest BCUT2D eigenvalue weighted by atomic mass is 79.9. The number of esters is 1. The van der Waals surface area contributed by atoms with Crippen LogP contribution in [0.25, 0.3) is 0 Å². The van der Waals surface area contributed by atoms with Gasteiger partial charge in [-0.05, 0) is 37.1 Å². The fraction of sp³-hybridized carbons (Fsp3) is 0.381. The third-order valence-electron chi connectivity index (χ3n) is 4.59. The molecule has 1 aromatic carbocycles. The van der Waals surface area contributed by atoms with E-state index in [0.717, 1.165) is 27.8 Å². The van der Waals surface area contributed by atoms with E-state index in [1.54, 1.807) is 17.9 Å². The van der Waals surface area contributed by atoms with E-state index in [2.05, 4.69) is 38.3 Å². The van der Waals surface area contributed by atoms with Gasteiger partial charge in [-0.2, -0.15) is 5.10 Å². The first kappa shape index (κ1) is 22.5. The van der Waals surface area contributed by atoms with Crippen molar-refractivity contribution in [2.45, 2.75) is 38.8 Å². The van der Waals surface area contributed by atoms with Crippen molar-refractivity contribution in [3.8, 4) is 0 Å². The molecule has 1 unspecified atom stereocenters. The molecule has 3 rings (SSSR count). The highest BCUT2D eigenvalue weighted by Crippen LogP contribution is 2.32. The minimum Gasteiger partial charge on any atom is -0.462 e. The van der Waals surface area contributed by atoms with E-state index < -0.39 is 5.60 Å². The van der Waals surface area contributed by atoms with Gasteiger partial charge in [0.05, 0.1) is 25.3 Å². The number of benzene rings is 1. The number of rotatable bonds is 10. The van der Waals surface area contributed by atoms with E-state index in [4.69, 9.17) is 4.74 Å². The Morgan fingerprint density at radius 3 is 2.73 bits per heavy atom. The predicted molar refractivity (Wildman–Crippen MR) is 121 cm³/mol. The van der Waals surface area contributed by atoms with Crippen LogP contribution in [0.1, 0.15) is 41.1 Å². The van der Waals surface area contributed by atoms with Crippen molar-refractivity contribution in [2.24, 2.45) is 0 Å². The van der Waals surface area contributed by atoms with Crippen molar-refractivity contribution < 1.29 is 14.6 Å². The van der Waals surface area contributed by atoms with Crippen LogP contribution in [-0.2, 0) is 23.3 Å². The van der Waals surface area contributed by atoms with E-state index in [1.807, 2.05) is 30.3 Å². The number of aliphatic hydroxyl groups is 1. The number of hydrogen-bond donors (Lipinski definition) is 2. The molecule has 0 fully saturated rings.